The van der Waals surface area contributed by atoms with Crippen LogP contribution in [0.3, 0.4) is 0 Å². The van der Waals surface area contributed by atoms with Crippen LogP contribution in [0.1, 0.15) is 60.5 Å². The lowest BCUT2D eigenvalue weighted by atomic mass is 10.1. The van der Waals surface area contributed by atoms with E-state index in [4.69, 9.17) is 0 Å². The highest BCUT2D eigenvalue weighted by Gasteiger charge is 2.32. The van der Waals surface area contributed by atoms with Crippen molar-refractivity contribution in [3.05, 3.63) is 41.1 Å². The van der Waals surface area contributed by atoms with Crippen LogP contribution in [-0.4, -0.2) is 41.0 Å². The highest BCUT2D eigenvalue weighted by atomic mass is 32.2. The number of hydrogen-bond donors (Lipinski definition) is 1. The van der Waals surface area contributed by atoms with Crippen LogP contribution in [0.25, 0.3) is 0 Å². The average molecular weight is 431 g/mol. The highest BCUT2D eigenvalue weighted by molar-refractivity contribution is 7.89. The lowest BCUT2D eigenvalue weighted by Gasteiger charge is -2.32. The number of carbonyl (C=O) groups is 1. The van der Waals surface area contributed by atoms with Crippen molar-refractivity contribution in [2.45, 2.75) is 70.4 Å². The van der Waals surface area contributed by atoms with Crippen molar-refractivity contribution in [3.8, 4) is 0 Å². The number of sulfonamides is 1. The lowest BCUT2D eigenvalue weighted by molar-refractivity contribution is 0.102. The number of benzene rings is 1. The van der Waals surface area contributed by atoms with E-state index in [1.165, 1.54) is 18.9 Å². The summed E-state index contributed by atoms with van der Waals surface area (Å²) < 4.78 is 29.8. The Kier molecular flexibility index (Phi) is 5.72. The molecule has 1 aromatic carbocycles. The molecule has 2 fully saturated rings. The van der Waals surface area contributed by atoms with Crippen molar-refractivity contribution >= 4 is 21.7 Å². The summed E-state index contributed by atoms with van der Waals surface area (Å²) in [4.78, 5) is 13.3. The molecule has 7 nitrogen and oxygen atoms in total. The van der Waals surface area contributed by atoms with Crippen LogP contribution in [0, 0.1) is 19.8 Å². The molecule has 162 valence electrons. The van der Waals surface area contributed by atoms with Crippen LogP contribution in [0.2, 0.25) is 0 Å². The first kappa shape index (κ1) is 21.1. The summed E-state index contributed by atoms with van der Waals surface area (Å²) in [5.74, 6) is 1.00. The molecule has 1 N–H and O–H groups in total. The fourth-order valence-electron chi connectivity index (χ4n) is 4.07. The van der Waals surface area contributed by atoms with Gasteiger partial charge in [0.05, 0.1) is 11.1 Å². The van der Waals surface area contributed by atoms with Crippen molar-refractivity contribution in [2.75, 3.05) is 11.9 Å². The third kappa shape index (κ3) is 4.16. The lowest BCUT2D eigenvalue weighted by Crippen LogP contribution is -2.42. The predicted molar refractivity (Wildman–Crippen MR) is 116 cm³/mol. The molecule has 0 spiro atoms. The molecule has 1 saturated heterocycles. The van der Waals surface area contributed by atoms with Crippen molar-refractivity contribution in [1.82, 2.24) is 14.1 Å². The van der Waals surface area contributed by atoms with Crippen LogP contribution >= 0.6 is 0 Å². The first-order chi connectivity index (χ1) is 14.3. The van der Waals surface area contributed by atoms with E-state index in [1.807, 2.05) is 25.5 Å². The number of carbonyl (C=O) groups excluding carboxylic acids is 1. The molecule has 1 amide bonds. The monoisotopic (exact) mass is 430 g/mol. The Morgan fingerprint density at radius 2 is 1.93 bits per heavy atom. The number of anilines is 1. The summed E-state index contributed by atoms with van der Waals surface area (Å²) in [7, 11) is -3.63. The molecule has 1 aliphatic heterocycles. The van der Waals surface area contributed by atoms with Gasteiger partial charge in [0.1, 0.15) is 5.82 Å². The molecule has 0 radical (unpaired) electrons. The maximum atomic E-state index is 13.2. The number of nitrogens with one attached hydrogen (secondary N) is 1. The Balaban J connectivity index is 1.60. The van der Waals surface area contributed by atoms with Crippen molar-refractivity contribution in [2.24, 2.45) is 5.92 Å². The van der Waals surface area contributed by atoms with Gasteiger partial charge in [-0.15, -0.1) is 0 Å². The normalized spacial score (nSPS) is 20.3. The second-order valence-electron chi connectivity index (χ2n) is 8.69. The Morgan fingerprint density at radius 3 is 2.63 bits per heavy atom. The molecular weight excluding hydrogens is 400 g/mol. The smallest absolute Gasteiger partial charge is 0.257 e. The van der Waals surface area contributed by atoms with E-state index in [1.54, 1.807) is 22.6 Å². The summed E-state index contributed by atoms with van der Waals surface area (Å²) >= 11 is 0. The zero-order valence-electron chi connectivity index (χ0n) is 17.9. The molecule has 8 heteroatoms. The van der Waals surface area contributed by atoms with E-state index in [0.29, 0.717) is 23.8 Å². The molecule has 1 atom stereocenters. The molecule has 2 aromatic rings. The SMILES string of the molecule is Cc1ccc(S(=O)(=O)N2CCCCC2C)cc1C(=O)Nc1c(C)cnn1CC1CC1. The molecule has 1 aromatic heterocycles. The topological polar surface area (TPSA) is 84.3 Å². The number of amides is 1. The first-order valence-corrected chi connectivity index (χ1v) is 12.2. The average Bonchev–Trinajstić information content (AvgIpc) is 3.47. The third-order valence-electron chi connectivity index (χ3n) is 6.18. The van der Waals surface area contributed by atoms with Gasteiger partial charge in [-0.25, -0.2) is 13.1 Å². The van der Waals surface area contributed by atoms with Gasteiger partial charge < -0.3 is 5.32 Å². The summed E-state index contributed by atoms with van der Waals surface area (Å²) in [5, 5.41) is 7.36. The number of nitrogens with zero attached hydrogens (tertiary/aromatic N) is 3. The second-order valence-corrected chi connectivity index (χ2v) is 10.6. The Bertz CT molecular complexity index is 1060. The van der Waals surface area contributed by atoms with Crippen LogP contribution in [0.5, 0.6) is 0 Å². The van der Waals surface area contributed by atoms with E-state index < -0.39 is 10.0 Å². The Morgan fingerprint density at radius 1 is 1.17 bits per heavy atom. The number of piperidine rings is 1. The molecule has 1 aliphatic carbocycles. The van der Waals surface area contributed by atoms with Crippen molar-refractivity contribution in [1.29, 1.82) is 0 Å². The minimum Gasteiger partial charge on any atom is -0.307 e. The Hall–Kier alpha value is -2.19. The van der Waals surface area contributed by atoms with Crippen LogP contribution in [-0.2, 0) is 16.6 Å². The van der Waals surface area contributed by atoms with Gasteiger partial charge in [-0.05, 0) is 70.1 Å². The maximum absolute atomic E-state index is 13.2. The van der Waals surface area contributed by atoms with E-state index in [9.17, 15) is 13.2 Å². The van der Waals surface area contributed by atoms with Gasteiger partial charge >= 0.3 is 0 Å². The molecule has 1 saturated carbocycles. The van der Waals surface area contributed by atoms with Crippen LogP contribution in [0.4, 0.5) is 5.82 Å². The van der Waals surface area contributed by atoms with E-state index in [2.05, 4.69) is 10.4 Å². The van der Waals surface area contributed by atoms with E-state index in [-0.39, 0.29) is 16.8 Å². The predicted octanol–water partition coefficient (Wildman–Crippen LogP) is 3.73. The fourth-order valence-corrected chi connectivity index (χ4v) is 5.80. The van der Waals surface area contributed by atoms with Crippen molar-refractivity contribution in [3.63, 3.8) is 0 Å². The maximum Gasteiger partial charge on any atom is 0.257 e. The van der Waals surface area contributed by atoms with Crippen LogP contribution < -0.4 is 5.32 Å². The van der Waals surface area contributed by atoms with Gasteiger partial charge in [-0.2, -0.15) is 9.40 Å². The molecule has 2 aliphatic rings. The molecule has 30 heavy (non-hydrogen) atoms. The fraction of sp³-hybridized carbons (Fsp3) is 0.545. The third-order valence-corrected chi connectivity index (χ3v) is 8.19. The molecule has 0 bridgehead atoms. The van der Waals surface area contributed by atoms with E-state index >= 15 is 0 Å². The zero-order chi connectivity index (χ0) is 21.5. The molecule has 2 heterocycles. The number of rotatable bonds is 6. The number of aromatic nitrogens is 2. The zero-order valence-corrected chi connectivity index (χ0v) is 18.7. The molecular formula is C22H30N4O3S. The van der Waals surface area contributed by atoms with Gasteiger partial charge in [0.2, 0.25) is 10.0 Å². The van der Waals surface area contributed by atoms with E-state index in [0.717, 1.165) is 36.9 Å². The summed E-state index contributed by atoms with van der Waals surface area (Å²) in [6.07, 6.45) is 6.92. The minimum absolute atomic E-state index is 0.0262. The largest absolute Gasteiger partial charge is 0.307 e. The van der Waals surface area contributed by atoms with Gasteiger partial charge in [0.25, 0.3) is 5.91 Å². The number of hydrogen-bond acceptors (Lipinski definition) is 4. The second kappa shape index (κ2) is 8.15. The van der Waals surface area contributed by atoms with Crippen molar-refractivity contribution < 1.29 is 13.2 Å². The Labute approximate surface area is 178 Å². The molecule has 1 unspecified atom stereocenters. The van der Waals surface area contributed by atoms with Gasteiger partial charge in [-0.3, -0.25) is 4.79 Å². The number of aryl methyl sites for hydroxylation is 2. The summed E-state index contributed by atoms with van der Waals surface area (Å²) in [6.45, 7) is 7.01. The molecule has 4 rings (SSSR count). The quantitative estimate of drug-likeness (QED) is 0.757. The summed E-state index contributed by atoms with van der Waals surface area (Å²) in [5.41, 5.74) is 2.01. The minimum atomic E-state index is -3.63. The van der Waals surface area contributed by atoms with Gasteiger partial charge in [0.15, 0.2) is 0 Å². The standard InChI is InChI=1S/C22H30N4O3S/c1-15-7-10-19(30(28,29)26-11-5-4-6-17(26)3)12-20(15)22(27)24-21-16(2)13-23-25(21)14-18-8-9-18/h7,10,12-13,17-18H,4-6,8-9,11,14H2,1-3H3,(H,24,27). The van der Waals surface area contributed by atoms with Crippen LogP contribution in [0.15, 0.2) is 29.3 Å². The highest BCUT2D eigenvalue weighted by Crippen LogP contribution is 2.32. The van der Waals surface area contributed by atoms with Gasteiger partial charge in [0, 0.05) is 30.3 Å². The summed E-state index contributed by atoms with van der Waals surface area (Å²) in [6, 6.07) is 4.80. The van der Waals surface area contributed by atoms with Gasteiger partial charge in [-0.1, -0.05) is 12.5 Å². The first-order valence-electron chi connectivity index (χ1n) is 10.7.